The lowest BCUT2D eigenvalue weighted by Gasteiger charge is -2.27. The largest absolute Gasteiger partial charge is 0.465 e. The van der Waals surface area contributed by atoms with Gasteiger partial charge in [-0.05, 0) is 36.4 Å². The van der Waals surface area contributed by atoms with Crippen LogP contribution in [-0.2, 0) is 17.7 Å². The molecule has 2 aromatic heterocycles. The summed E-state index contributed by atoms with van der Waals surface area (Å²) in [7, 11) is 1.35. The molecule has 3 heterocycles. The first-order chi connectivity index (χ1) is 14.0. The quantitative estimate of drug-likeness (QED) is 0.511. The zero-order valence-corrected chi connectivity index (χ0v) is 15.7. The molecule has 1 aliphatic heterocycles. The zero-order valence-electron chi connectivity index (χ0n) is 15.7. The fourth-order valence-electron chi connectivity index (χ4n) is 4.04. The van der Waals surface area contributed by atoms with Crippen LogP contribution in [0.15, 0.2) is 42.5 Å². The standard InChI is InChI=1S/C22H18FN3O3/c1-29-22(28)12-5-6-18-13(9-12)15-11-26(8-7-19(15)24-18)21(27)20-10-14-16(23)3-2-4-17(14)25-20/h2-6,9-10,24-25H,7-8,11H2,1H3. The van der Waals surface area contributed by atoms with Gasteiger partial charge in [-0.15, -0.1) is 0 Å². The van der Waals surface area contributed by atoms with Crippen LogP contribution in [0, 0.1) is 5.82 Å². The van der Waals surface area contributed by atoms with Gasteiger partial charge in [0.25, 0.3) is 5.91 Å². The van der Waals surface area contributed by atoms with Crippen LogP contribution in [-0.4, -0.2) is 40.4 Å². The lowest BCUT2D eigenvalue weighted by Crippen LogP contribution is -2.36. The van der Waals surface area contributed by atoms with Crippen molar-refractivity contribution in [1.29, 1.82) is 0 Å². The number of rotatable bonds is 2. The molecule has 1 amide bonds. The lowest BCUT2D eigenvalue weighted by atomic mass is 10.0. The van der Waals surface area contributed by atoms with E-state index in [1.807, 2.05) is 6.07 Å². The number of carbonyl (C=O) groups is 2. The molecular weight excluding hydrogens is 373 g/mol. The molecule has 0 bridgehead atoms. The van der Waals surface area contributed by atoms with Crippen LogP contribution < -0.4 is 0 Å². The first kappa shape index (κ1) is 17.5. The number of hydrogen-bond donors (Lipinski definition) is 2. The maximum absolute atomic E-state index is 14.0. The monoisotopic (exact) mass is 391 g/mol. The molecule has 4 aromatic rings. The van der Waals surface area contributed by atoms with E-state index in [1.165, 1.54) is 13.2 Å². The van der Waals surface area contributed by atoms with E-state index in [9.17, 15) is 14.0 Å². The Bertz CT molecular complexity index is 1290. The third-order valence-electron chi connectivity index (χ3n) is 5.52. The molecule has 0 unspecified atom stereocenters. The van der Waals surface area contributed by atoms with Crippen LogP contribution in [0.5, 0.6) is 0 Å². The summed E-state index contributed by atoms with van der Waals surface area (Å²) < 4.78 is 18.8. The number of nitrogens with one attached hydrogen (secondary N) is 2. The second-order valence-electron chi connectivity index (χ2n) is 7.19. The first-order valence-electron chi connectivity index (χ1n) is 9.33. The minimum Gasteiger partial charge on any atom is -0.465 e. The van der Waals surface area contributed by atoms with Gasteiger partial charge in [-0.1, -0.05) is 6.07 Å². The highest BCUT2D eigenvalue weighted by Gasteiger charge is 2.26. The van der Waals surface area contributed by atoms with Crippen molar-refractivity contribution in [3.63, 3.8) is 0 Å². The van der Waals surface area contributed by atoms with Crippen LogP contribution in [0.3, 0.4) is 0 Å². The fraction of sp³-hybridized carbons (Fsp3) is 0.182. The van der Waals surface area contributed by atoms with Gasteiger partial charge in [0.05, 0.1) is 12.7 Å². The third kappa shape index (κ3) is 2.77. The van der Waals surface area contributed by atoms with Gasteiger partial charge in [0.1, 0.15) is 11.5 Å². The number of amides is 1. The normalized spacial score (nSPS) is 13.7. The molecule has 0 spiro atoms. The Hall–Kier alpha value is -3.61. The van der Waals surface area contributed by atoms with Crippen molar-refractivity contribution >= 4 is 33.7 Å². The van der Waals surface area contributed by atoms with Crippen molar-refractivity contribution in [2.75, 3.05) is 13.7 Å². The fourth-order valence-corrected chi connectivity index (χ4v) is 4.04. The van der Waals surface area contributed by atoms with E-state index in [-0.39, 0.29) is 11.7 Å². The van der Waals surface area contributed by atoms with E-state index < -0.39 is 5.97 Å². The van der Waals surface area contributed by atoms with Crippen molar-refractivity contribution in [3.05, 3.63) is 70.8 Å². The number of aromatic nitrogens is 2. The Labute approximate surface area is 165 Å². The van der Waals surface area contributed by atoms with E-state index in [1.54, 1.807) is 35.2 Å². The van der Waals surface area contributed by atoms with Gasteiger partial charge in [0.15, 0.2) is 0 Å². The zero-order chi connectivity index (χ0) is 20.1. The molecule has 146 valence electrons. The predicted molar refractivity (Wildman–Crippen MR) is 106 cm³/mol. The van der Waals surface area contributed by atoms with Crippen LogP contribution in [0.2, 0.25) is 0 Å². The Morgan fingerprint density at radius 3 is 2.69 bits per heavy atom. The van der Waals surface area contributed by atoms with Gasteiger partial charge in [-0.2, -0.15) is 0 Å². The first-order valence-corrected chi connectivity index (χ1v) is 9.33. The van der Waals surface area contributed by atoms with Crippen molar-refractivity contribution in [2.45, 2.75) is 13.0 Å². The van der Waals surface area contributed by atoms with E-state index in [2.05, 4.69) is 9.97 Å². The molecule has 0 aliphatic carbocycles. The summed E-state index contributed by atoms with van der Waals surface area (Å²) >= 11 is 0. The topological polar surface area (TPSA) is 78.2 Å². The van der Waals surface area contributed by atoms with Gasteiger partial charge >= 0.3 is 5.97 Å². The number of carbonyl (C=O) groups excluding carboxylic acids is 2. The Morgan fingerprint density at radius 2 is 1.90 bits per heavy atom. The second kappa shape index (κ2) is 6.48. The van der Waals surface area contributed by atoms with Crippen molar-refractivity contribution < 1.29 is 18.7 Å². The summed E-state index contributed by atoms with van der Waals surface area (Å²) in [5.74, 6) is -0.930. The smallest absolute Gasteiger partial charge is 0.337 e. The lowest BCUT2D eigenvalue weighted by molar-refractivity contribution is 0.0600. The van der Waals surface area contributed by atoms with E-state index >= 15 is 0 Å². The van der Waals surface area contributed by atoms with Crippen molar-refractivity contribution in [1.82, 2.24) is 14.9 Å². The number of ether oxygens (including phenoxy) is 1. The highest BCUT2D eigenvalue weighted by atomic mass is 19.1. The van der Waals surface area contributed by atoms with Crippen molar-refractivity contribution in [3.8, 4) is 0 Å². The summed E-state index contributed by atoms with van der Waals surface area (Å²) in [6.45, 7) is 0.969. The summed E-state index contributed by atoms with van der Waals surface area (Å²) in [5.41, 5.74) is 4.41. The number of nitrogens with zero attached hydrogens (tertiary/aromatic N) is 1. The Balaban J connectivity index is 1.49. The number of aromatic amines is 2. The SMILES string of the molecule is COC(=O)c1ccc2[nH]c3c(c2c1)CN(C(=O)c1cc2c(F)cccc2[nH]1)CC3. The third-order valence-corrected chi connectivity index (χ3v) is 5.52. The van der Waals surface area contributed by atoms with E-state index in [0.717, 1.165) is 22.2 Å². The molecule has 5 rings (SSSR count). The molecule has 0 saturated heterocycles. The molecule has 2 N–H and O–H groups in total. The summed E-state index contributed by atoms with van der Waals surface area (Å²) in [5, 5.41) is 1.31. The maximum Gasteiger partial charge on any atom is 0.337 e. The second-order valence-corrected chi connectivity index (χ2v) is 7.19. The van der Waals surface area contributed by atoms with Gasteiger partial charge < -0.3 is 19.6 Å². The number of halogens is 1. The number of hydrogen-bond acceptors (Lipinski definition) is 3. The maximum atomic E-state index is 14.0. The molecule has 0 atom stereocenters. The average Bonchev–Trinajstić information content (AvgIpc) is 3.34. The molecule has 0 radical (unpaired) electrons. The van der Waals surface area contributed by atoms with Crippen LogP contribution in [0.1, 0.15) is 32.1 Å². The number of methoxy groups -OCH3 is 1. The van der Waals surface area contributed by atoms with Crippen LogP contribution in [0.4, 0.5) is 4.39 Å². The molecule has 1 aliphatic rings. The number of benzene rings is 2. The molecule has 0 fully saturated rings. The predicted octanol–water partition coefficient (Wildman–Crippen LogP) is 3.77. The molecule has 2 aromatic carbocycles. The minimum absolute atomic E-state index is 0.176. The Kier molecular flexibility index (Phi) is 3.91. The van der Waals surface area contributed by atoms with Gasteiger partial charge in [0, 0.05) is 52.6 Å². The van der Waals surface area contributed by atoms with Gasteiger partial charge in [-0.25, -0.2) is 9.18 Å². The molecule has 29 heavy (non-hydrogen) atoms. The highest BCUT2D eigenvalue weighted by Crippen LogP contribution is 2.30. The van der Waals surface area contributed by atoms with E-state index in [0.29, 0.717) is 41.7 Å². The summed E-state index contributed by atoms with van der Waals surface area (Å²) in [6, 6.07) is 11.7. The van der Waals surface area contributed by atoms with Gasteiger partial charge in [0.2, 0.25) is 0 Å². The number of fused-ring (bicyclic) bond motifs is 4. The minimum atomic E-state index is -0.398. The molecule has 7 heteroatoms. The van der Waals surface area contributed by atoms with Crippen LogP contribution in [0.25, 0.3) is 21.8 Å². The number of esters is 1. The molecule has 6 nitrogen and oxygen atoms in total. The van der Waals surface area contributed by atoms with Crippen LogP contribution >= 0.6 is 0 Å². The van der Waals surface area contributed by atoms with Crippen molar-refractivity contribution in [2.24, 2.45) is 0 Å². The summed E-state index contributed by atoms with van der Waals surface area (Å²) in [6.07, 6.45) is 0.678. The van der Waals surface area contributed by atoms with E-state index in [4.69, 9.17) is 4.74 Å². The summed E-state index contributed by atoms with van der Waals surface area (Å²) in [4.78, 5) is 33.1. The average molecular weight is 391 g/mol. The Morgan fingerprint density at radius 1 is 1.07 bits per heavy atom. The molecule has 0 saturated carbocycles. The highest BCUT2D eigenvalue weighted by molar-refractivity contribution is 5.99. The number of H-pyrrole nitrogens is 2. The van der Waals surface area contributed by atoms with Gasteiger partial charge in [-0.3, -0.25) is 4.79 Å². The molecular formula is C22H18FN3O3.